The van der Waals surface area contributed by atoms with Crippen LogP contribution in [0.15, 0.2) is 50.7 Å². The first-order valence-corrected chi connectivity index (χ1v) is 11.7. The lowest BCUT2D eigenvalue weighted by Crippen LogP contribution is -2.54. The summed E-state index contributed by atoms with van der Waals surface area (Å²) >= 11 is 0. The van der Waals surface area contributed by atoms with E-state index in [1.807, 2.05) is 0 Å². The lowest BCUT2D eigenvalue weighted by molar-refractivity contribution is -0.211. The molecule has 2 atom stereocenters. The normalized spacial score (nSPS) is 18.9. The van der Waals surface area contributed by atoms with Crippen molar-refractivity contribution in [1.82, 2.24) is 19.2 Å². The third-order valence-electron chi connectivity index (χ3n) is 7.17. The molecule has 0 spiro atoms. The number of nitrogens with one attached hydrogen (secondary N) is 1. The summed E-state index contributed by atoms with van der Waals surface area (Å²) in [6.07, 6.45) is -3.44. The summed E-state index contributed by atoms with van der Waals surface area (Å²) in [5.74, 6) is -1.05. The zero-order valence-corrected chi connectivity index (χ0v) is 20.6. The molecule has 200 valence electrons. The molecule has 9 nitrogen and oxygen atoms in total. The number of likely N-dealkylation sites (tertiary alicyclic amines) is 1. The maximum atomic E-state index is 14.5. The van der Waals surface area contributed by atoms with E-state index in [0.717, 1.165) is 35.0 Å². The van der Waals surface area contributed by atoms with Crippen molar-refractivity contribution in [2.45, 2.75) is 38.0 Å². The number of pyridine rings is 1. The molecule has 38 heavy (non-hydrogen) atoms. The first-order valence-electron chi connectivity index (χ1n) is 11.7. The van der Waals surface area contributed by atoms with Crippen molar-refractivity contribution >= 4 is 33.5 Å². The summed E-state index contributed by atoms with van der Waals surface area (Å²) in [4.78, 5) is 38.7. The van der Waals surface area contributed by atoms with E-state index in [0.29, 0.717) is 10.1 Å². The summed E-state index contributed by atoms with van der Waals surface area (Å²) < 4.78 is 64.5. The van der Waals surface area contributed by atoms with Crippen molar-refractivity contribution in [3.63, 3.8) is 0 Å². The molecule has 1 aliphatic rings. The summed E-state index contributed by atoms with van der Waals surface area (Å²) in [5.41, 5.74) is -3.55. The van der Waals surface area contributed by atoms with Gasteiger partial charge in [-0.2, -0.15) is 18.3 Å². The van der Waals surface area contributed by atoms with E-state index < -0.39 is 53.6 Å². The second-order valence-corrected chi connectivity index (χ2v) is 9.48. The first-order chi connectivity index (χ1) is 17.8. The van der Waals surface area contributed by atoms with Gasteiger partial charge in [0.2, 0.25) is 5.91 Å². The van der Waals surface area contributed by atoms with Crippen LogP contribution in [0, 0.1) is 5.82 Å². The number of hydrogen-bond donors (Lipinski definition) is 1. The van der Waals surface area contributed by atoms with E-state index in [9.17, 15) is 31.9 Å². The quantitative estimate of drug-likeness (QED) is 0.402. The molecule has 1 amide bonds. The van der Waals surface area contributed by atoms with Gasteiger partial charge in [-0.1, -0.05) is 12.1 Å². The fraction of sp³-hybridized carbons (Fsp3) is 0.360. The first kappa shape index (κ1) is 25.5. The number of carbonyl (C=O) groups is 1. The molecule has 0 aliphatic carbocycles. The molecule has 1 fully saturated rings. The highest BCUT2D eigenvalue weighted by atomic mass is 19.4. The van der Waals surface area contributed by atoms with Crippen molar-refractivity contribution in [2.24, 2.45) is 7.05 Å². The second kappa shape index (κ2) is 8.71. The lowest BCUT2D eigenvalue weighted by atomic mass is 9.96. The van der Waals surface area contributed by atoms with E-state index >= 15 is 0 Å². The van der Waals surface area contributed by atoms with Crippen LogP contribution in [0.25, 0.3) is 21.7 Å². The van der Waals surface area contributed by atoms with Crippen LogP contribution in [0.5, 0.6) is 0 Å². The summed E-state index contributed by atoms with van der Waals surface area (Å²) in [5, 5.41) is 7.39. The number of fused-ring (bicyclic) bond motifs is 2. The Bertz CT molecular complexity index is 1710. The molecule has 1 unspecified atom stereocenters. The van der Waals surface area contributed by atoms with Gasteiger partial charge in [0.25, 0.3) is 11.1 Å². The number of anilines is 1. The number of halogens is 4. The maximum absolute atomic E-state index is 14.5. The molecular weight excluding hydrogens is 510 g/mol. The fourth-order valence-electron chi connectivity index (χ4n) is 5.06. The van der Waals surface area contributed by atoms with Gasteiger partial charge in [0.15, 0.2) is 17.2 Å². The third kappa shape index (κ3) is 3.84. The van der Waals surface area contributed by atoms with E-state index in [-0.39, 0.29) is 34.1 Å². The Morgan fingerprint density at radius 3 is 2.61 bits per heavy atom. The van der Waals surface area contributed by atoms with Crippen molar-refractivity contribution in [3.8, 4) is 0 Å². The van der Waals surface area contributed by atoms with Crippen LogP contribution < -0.4 is 16.4 Å². The zero-order valence-electron chi connectivity index (χ0n) is 20.6. The highest BCUT2D eigenvalue weighted by molar-refractivity contribution is 5.91. The second-order valence-electron chi connectivity index (χ2n) is 9.48. The molecule has 13 heteroatoms. The molecule has 3 aromatic heterocycles. The van der Waals surface area contributed by atoms with Gasteiger partial charge in [0.1, 0.15) is 11.8 Å². The Morgan fingerprint density at radius 2 is 1.95 bits per heavy atom. The number of amides is 1. The minimum atomic E-state index is -4.87. The molecular formula is C25H23F4N5O4. The van der Waals surface area contributed by atoms with Crippen molar-refractivity contribution in [1.29, 1.82) is 0 Å². The molecule has 1 aromatic carbocycles. The lowest BCUT2D eigenvalue weighted by Gasteiger charge is -2.34. The topological polar surface area (TPSA) is 102 Å². The molecule has 1 saturated heterocycles. The monoisotopic (exact) mass is 533 g/mol. The van der Waals surface area contributed by atoms with Crippen LogP contribution in [0.3, 0.4) is 0 Å². The molecule has 0 radical (unpaired) electrons. The standard InChI is InChI=1S/C25H23F4N5O4/c1-13(15-5-4-6-16-19(26)11-38-21(15)16)30-22-18-10-34(20(36)9-17(18)23(37)32(3)31-22)24(25(27,28)29)7-8-33(12-24)14(2)35/h4-6,9-11,13H,7-8,12H2,1-3H3,(H,30,31)/t13-,24?/m1/s1. The molecule has 1 N–H and O–H groups in total. The number of hydrogen-bond acceptors (Lipinski definition) is 6. The van der Waals surface area contributed by atoms with Crippen molar-refractivity contribution < 1.29 is 26.8 Å². The highest BCUT2D eigenvalue weighted by Crippen LogP contribution is 2.43. The number of aromatic nitrogens is 3. The van der Waals surface area contributed by atoms with E-state index in [1.165, 1.54) is 7.05 Å². The zero-order chi connectivity index (χ0) is 27.6. The number of nitrogens with zero attached hydrogens (tertiary/aromatic N) is 4. The van der Waals surface area contributed by atoms with E-state index in [1.54, 1.807) is 25.1 Å². The summed E-state index contributed by atoms with van der Waals surface area (Å²) in [6.45, 7) is 1.96. The Hall–Kier alpha value is -4.16. The van der Waals surface area contributed by atoms with Gasteiger partial charge in [-0.05, 0) is 19.4 Å². The van der Waals surface area contributed by atoms with Crippen LogP contribution in [0.2, 0.25) is 0 Å². The van der Waals surface area contributed by atoms with Gasteiger partial charge in [0.05, 0.1) is 23.4 Å². The number of furan rings is 1. The fourth-order valence-corrected chi connectivity index (χ4v) is 5.06. The summed E-state index contributed by atoms with van der Waals surface area (Å²) in [7, 11) is 1.35. The van der Waals surface area contributed by atoms with Crippen LogP contribution in [0.1, 0.15) is 31.9 Å². The Labute approximate surface area is 212 Å². The number of rotatable bonds is 4. The van der Waals surface area contributed by atoms with Gasteiger partial charge >= 0.3 is 6.18 Å². The number of benzene rings is 1. The molecule has 1 aliphatic heterocycles. The van der Waals surface area contributed by atoms with Gasteiger partial charge < -0.3 is 14.6 Å². The molecule has 5 rings (SSSR count). The predicted molar refractivity (Wildman–Crippen MR) is 130 cm³/mol. The number of carbonyl (C=O) groups excluding carboxylic acids is 1. The van der Waals surface area contributed by atoms with Gasteiger partial charge in [-0.15, -0.1) is 0 Å². The van der Waals surface area contributed by atoms with Gasteiger partial charge in [0, 0.05) is 43.7 Å². The van der Waals surface area contributed by atoms with Crippen molar-refractivity contribution in [3.05, 3.63) is 68.8 Å². The average molecular weight is 533 g/mol. The molecule has 0 saturated carbocycles. The smallest absolute Gasteiger partial charge is 0.413 e. The van der Waals surface area contributed by atoms with E-state index in [2.05, 4.69) is 10.4 Å². The molecule has 4 heterocycles. The minimum Gasteiger partial charge on any atom is -0.461 e. The highest BCUT2D eigenvalue weighted by Gasteiger charge is 2.60. The van der Waals surface area contributed by atoms with E-state index in [4.69, 9.17) is 4.42 Å². The Balaban J connectivity index is 1.68. The van der Waals surface area contributed by atoms with Crippen LogP contribution in [-0.2, 0) is 17.4 Å². The largest absolute Gasteiger partial charge is 0.461 e. The SMILES string of the molecule is CC(=O)N1CCC(n2cc3c(N[C@H](C)c4cccc5c(F)coc45)nn(C)c(=O)c3cc2=O)(C(F)(F)F)C1. The van der Waals surface area contributed by atoms with Crippen LogP contribution >= 0.6 is 0 Å². The maximum Gasteiger partial charge on any atom is 0.413 e. The van der Waals surface area contributed by atoms with Crippen LogP contribution in [-0.4, -0.2) is 44.4 Å². The number of para-hydroxylation sites is 1. The van der Waals surface area contributed by atoms with Crippen LogP contribution in [0.4, 0.5) is 23.4 Å². The van der Waals surface area contributed by atoms with Gasteiger partial charge in [-0.25, -0.2) is 9.07 Å². The summed E-state index contributed by atoms with van der Waals surface area (Å²) in [6, 6.07) is 5.14. The molecule has 0 bridgehead atoms. The van der Waals surface area contributed by atoms with Crippen molar-refractivity contribution in [2.75, 3.05) is 18.4 Å². The Kier molecular flexibility index (Phi) is 5.84. The molecule has 4 aromatic rings. The average Bonchev–Trinajstić information content (AvgIpc) is 3.47. The van der Waals surface area contributed by atoms with Gasteiger partial charge in [-0.3, -0.25) is 19.0 Å². The predicted octanol–water partition coefficient (Wildman–Crippen LogP) is 3.66. The minimum absolute atomic E-state index is 0.0118. The number of alkyl halides is 3. The Morgan fingerprint density at radius 1 is 1.21 bits per heavy atom. The third-order valence-corrected chi connectivity index (χ3v) is 7.17. The number of aryl methyl sites for hydroxylation is 1.